The van der Waals surface area contributed by atoms with Gasteiger partial charge in [-0.2, -0.15) is 0 Å². The Hall–Kier alpha value is -0.590. The Balaban J connectivity index is 2.27. The molecule has 0 aromatic heterocycles. The van der Waals surface area contributed by atoms with Crippen molar-refractivity contribution in [2.45, 2.75) is 51.9 Å². The van der Waals surface area contributed by atoms with E-state index in [2.05, 4.69) is 13.5 Å². The molecule has 1 saturated carbocycles. The largest absolute Gasteiger partial charge is 0.299 e. The van der Waals surface area contributed by atoms with Gasteiger partial charge in [0.15, 0.2) is 0 Å². The zero-order valence-corrected chi connectivity index (χ0v) is 9.30. The highest BCUT2D eigenvalue weighted by molar-refractivity contribution is 5.82. The molecular formula is C13H22O. The number of carbonyl (C=O) groups is 1. The van der Waals surface area contributed by atoms with Gasteiger partial charge in [0.05, 0.1) is 0 Å². The van der Waals surface area contributed by atoms with Crippen LogP contribution in [0.3, 0.4) is 0 Å². The van der Waals surface area contributed by atoms with E-state index in [1.54, 1.807) is 6.08 Å². The number of carbonyl (C=O) groups excluding carboxylic acids is 1. The van der Waals surface area contributed by atoms with Crippen LogP contribution >= 0.6 is 0 Å². The molecule has 0 aliphatic heterocycles. The van der Waals surface area contributed by atoms with E-state index in [0.717, 1.165) is 18.8 Å². The topological polar surface area (TPSA) is 17.1 Å². The summed E-state index contributed by atoms with van der Waals surface area (Å²) in [5.74, 6) is 1.66. The summed E-state index contributed by atoms with van der Waals surface area (Å²) in [6.07, 6.45) is 9.72. The van der Waals surface area contributed by atoms with Crippen LogP contribution in [0.2, 0.25) is 0 Å². The van der Waals surface area contributed by atoms with Crippen LogP contribution in [0, 0.1) is 11.8 Å². The second kappa shape index (κ2) is 6.00. The van der Waals surface area contributed by atoms with Gasteiger partial charge < -0.3 is 0 Å². The number of rotatable bonds is 5. The SMILES string of the molecule is C=CCC(=O)C1CCC(CCC)CC1. The van der Waals surface area contributed by atoms with Gasteiger partial charge >= 0.3 is 0 Å². The predicted molar refractivity (Wildman–Crippen MR) is 60.2 cm³/mol. The molecule has 1 nitrogen and oxygen atoms in total. The molecule has 1 aliphatic rings. The van der Waals surface area contributed by atoms with Crippen LogP contribution in [0.1, 0.15) is 51.9 Å². The number of ketones is 1. The van der Waals surface area contributed by atoms with Crippen molar-refractivity contribution in [3.8, 4) is 0 Å². The van der Waals surface area contributed by atoms with Crippen LogP contribution in [0.25, 0.3) is 0 Å². The molecule has 0 unspecified atom stereocenters. The summed E-state index contributed by atoms with van der Waals surface area (Å²) in [5.41, 5.74) is 0. The Morgan fingerprint density at radius 1 is 1.36 bits per heavy atom. The molecule has 80 valence electrons. The van der Waals surface area contributed by atoms with Gasteiger partial charge in [-0.05, 0) is 31.6 Å². The number of hydrogen-bond donors (Lipinski definition) is 0. The normalized spacial score (nSPS) is 27.2. The van der Waals surface area contributed by atoms with Crippen LogP contribution < -0.4 is 0 Å². The van der Waals surface area contributed by atoms with Gasteiger partial charge in [-0.3, -0.25) is 4.79 Å². The van der Waals surface area contributed by atoms with Gasteiger partial charge in [0.1, 0.15) is 5.78 Å². The molecule has 0 amide bonds. The molecule has 1 rings (SSSR count). The molecule has 0 aromatic rings. The lowest BCUT2D eigenvalue weighted by atomic mass is 9.78. The molecule has 1 heteroatoms. The summed E-state index contributed by atoms with van der Waals surface area (Å²) in [6.45, 7) is 5.86. The van der Waals surface area contributed by atoms with Gasteiger partial charge in [0, 0.05) is 12.3 Å². The molecule has 0 radical (unpaired) electrons. The van der Waals surface area contributed by atoms with Crippen molar-refractivity contribution < 1.29 is 4.79 Å². The molecule has 0 spiro atoms. The third-order valence-corrected chi connectivity index (χ3v) is 3.34. The Labute approximate surface area is 87.6 Å². The van der Waals surface area contributed by atoms with E-state index in [0.29, 0.717) is 18.1 Å². The zero-order valence-electron chi connectivity index (χ0n) is 9.30. The first-order valence-electron chi connectivity index (χ1n) is 5.91. The summed E-state index contributed by atoms with van der Waals surface area (Å²) in [5, 5.41) is 0. The Kier molecular flexibility index (Phi) is 4.92. The standard InChI is InChI=1S/C13H22O/c1-3-5-11-7-9-12(10-8-11)13(14)6-4-2/h4,11-12H,2-3,5-10H2,1H3. The molecular weight excluding hydrogens is 172 g/mol. The highest BCUT2D eigenvalue weighted by Crippen LogP contribution is 2.32. The first-order valence-corrected chi connectivity index (χ1v) is 5.91. The van der Waals surface area contributed by atoms with Crippen LogP contribution in [-0.4, -0.2) is 5.78 Å². The first-order chi connectivity index (χ1) is 6.77. The van der Waals surface area contributed by atoms with Crippen molar-refractivity contribution in [3.05, 3.63) is 12.7 Å². The molecule has 0 heterocycles. The van der Waals surface area contributed by atoms with Gasteiger partial charge in [-0.1, -0.05) is 25.8 Å². The highest BCUT2D eigenvalue weighted by Gasteiger charge is 2.24. The van der Waals surface area contributed by atoms with Crippen molar-refractivity contribution in [3.63, 3.8) is 0 Å². The third-order valence-electron chi connectivity index (χ3n) is 3.34. The summed E-state index contributed by atoms with van der Waals surface area (Å²) in [6, 6.07) is 0. The smallest absolute Gasteiger partial charge is 0.139 e. The molecule has 1 aliphatic carbocycles. The van der Waals surface area contributed by atoms with Crippen molar-refractivity contribution >= 4 is 5.78 Å². The summed E-state index contributed by atoms with van der Waals surface area (Å²) >= 11 is 0. The maximum Gasteiger partial charge on any atom is 0.139 e. The van der Waals surface area contributed by atoms with E-state index < -0.39 is 0 Å². The van der Waals surface area contributed by atoms with E-state index in [9.17, 15) is 4.79 Å². The van der Waals surface area contributed by atoms with E-state index >= 15 is 0 Å². The fourth-order valence-corrected chi connectivity index (χ4v) is 2.49. The van der Waals surface area contributed by atoms with Gasteiger partial charge in [-0.15, -0.1) is 6.58 Å². The molecule has 14 heavy (non-hydrogen) atoms. The van der Waals surface area contributed by atoms with Gasteiger partial charge in [-0.25, -0.2) is 0 Å². The molecule has 1 fully saturated rings. The monoisotopic (exact) mass is 194 g/mol. The fourth-order valence-electron chi connectivity index (χ4n) is 2.49. The van der Waals surface area contributed by atoms with Crippen molar-refractivity contribution in [2.75, 3.05) is 0 Å². The van der Waals surface area contributed by atoms with E-state index in [-0.39, 0.29) is 0 Å². The van der Waals surface area contributed by atoms with Gasteiger partial charge in [0.2, 0.25) is 0 Å². The molecule has 0 N–H and O–H groups in total. The number of hydrogen-bond acceptors (Lipinski definition) is 1. The van der Waals surface area contributed by atoms with Crippen molar-refractivity contribution in [1.29, 1.82) is 0 Å². The molecule has 0 aromatic carbocycles. The molecule has 0 bridgehead atoms. The summed E-state index contributed by atoms with van der Waals surface area (Å²) in [7, 11) is 0. The van der Waals surface area contributed by atoms with Crippen LogP contribution in [0.4, 0.5) is 0 Å². The highest BCUT2D eigenvalue weighted by atomic mass is 16.1. The lowest BCUT2D eigenvalue weighted by molar-refractivity contribution is -0.123. The minimum Gasteiger partial charge on any atom is -0.299 e. The minimum absolute atomic E-state index is 0.348. The second-order valence-electron chi connectivity index (χ2n) is 4.47. The Morgan fingerprint density at radius 3 is 2.50 bits per heavy atom. The molecule has 0 atom stereocenters. The maximum absolute atomic E-state index is 11.6. The Morgan fingerprint density at radius 2 is 2.00 bits per heavy atom. The quantitative estimate of drug-likeness (QED) is 0.609. The minimum atomic E-state index is 0.348. The second-order valence-corrected chi connectivity index (χ2v) is 4.47. The van der Waals surface area contributed by atoms with E-state index in [1.807, 2.05) is 0 Å². The Bertz CT molecular complexity index is 187. The van der Waals surface area contributed by atoms with Crippen molar-refractivity contribution in [1.82, 2.24) is 0 Å². The fraction of sp³-hybridized carbons (Fsp3) is 0.769. The lowest BCUT2D eigenvalue weighted by Crippen LogP contribution is -2.21. The predicted octanol–water partition coefficient (Wildman–Crippen LogP) is 3.74. The summed E-state index contributed by atoms with van der Waals surface area (Å²) < 4.78 is 0. The lowest BCUT2D eigenvalue weighted by Gasteiger charge is -2.27. The van der Waals surface area contributed by atoms with Gasteiger partial charge in [0.25, 0.3) is 0 Å². The summed E-state index contributed by atoms with van der Waals surface area (Å²) in [4.78, 5) is 11.6. The average molecular weight is 194 g/mol. The van der Waals surface area contributed by atoms with Crippen LogP contribution in [0.5, 0.6) is 0 Å². The maximum atomic E-state index is 11.6. The molecule has 0 saturated heterocycles. The van der Waals surface area contributed by atoms with E-state index in [1.165, 1.54) is 25.7 Å². The third kappa shape index (κ3) is 3.28. The first kappa shape index (κ1) is 11.5. The van der Waals surface area contributed by atoms with E-state index in [4.69, 9.17) is 0 Å². The van der Waals surface area contributed by atoms with Crippen molar-refractivity contribution in [2.24, 2.45) is 11.8 Å². The van der Waals surface area contributed by atoms with Crippen LogP contribution in [-0.2, 0) is 4.79 Å². The average Bonchev–Trinajstić information content (AvgIpc) is 2.20. The number of allylic oxidation sites excluding steroid dienone is 1. The van der Waals surface area contributed by atoms with Crippen LogP contribution in [0.15, 0.2) is 12.7 Å². The zero-order chi connectivity index (χ0) is 10.4. The number of Topliss-reactive ketones (excluding diaryl/α,β-unsaturated/α-hetero) is 1.